The molecule has 0 radical (unpaired) electrons. The Morgan fingerprint density at radius 3 is 2.72 bits per heavy atom. The lowest BCUT2D eigenvalue weighted by Gasteiger charge is -2.29. The molecule has 7 heteroatoms. The third-order valence-electron chi connectivity index (χ3n) is 5.78. The molecule has 0 aliphatic carbocycles. The summed E-state index contributed by atoms with van der Waals surface area (Å²) in [5, 5.41) is 13.2. The van der Waals surface area contributed by atoms with Crippen LogP contribution in [0.25, 0.3) is 10.9 Å². The molecule has 2 aromatic heterocycles. The SMILES string of the molecule is Cc1nnc2c(C)cccc2c1Nc1ccnc(Cc2cccc(N3CCOCC3)c2)n1. The molecule has 1 aliphatic heterocycles. The molecule has 3 heterocycles. The number of ether oxygens (including phenoxy) is 1. The van der Waals surface area contributed by atoms with Crippen LogP contribution in [-0.4, -0.2) is 46.5 Å². The van der Waals surface area contributed by atoms with Gasteiger partial charge < -0.3 is 15.0 Å². The summed E-state index contributed by atoms with van der Waals surface area (Å²) in [6, 6.07) is 16.6. The Balaban J connectivity index is 1.39. The highest BCUT2D eigenvalue weighted by Gasteiger charge is 2.13. The highest BCUT2D eigenvalue weighted by Crippen LogP contribution is 2.28. The van der Waals surface area contributed by atoms with Crippen molar-refractivity contribution in [2.75, 3.05) is 36.5 Å². The van der Waals surface area contributed by atoms with Gasteiger partial charge in [-0.15, -0.1) is 5.10 Å². The number of aryl methyl sites for hydroxylation is 2. The lowest BCUT2D eigenvalue weighted by Crippen LogP contribution is -2.36. The normalized spacial score (nSPS) is 14.0. The second-order valence-corrected chi connectivity index (χ2v) is 8.06. The van der Waals surface area contributed by atoms with Gasteiger partial charge in [0, 0.05) is 36.8 Å². The van der Waals surface area contributed by atoms with E-state index in [1.807, 2.05) is 32.0 Å². The predicted octanol–water partition coefficient (Wildman–Crippen LogP) is 4.21. The number of hydrogen-bond acceptors (Lipinski definition) is 7. The second-order valence-electron chi connectivity index (χ2n) is 8.06. The zero-order chi connectivity index (χ0) is 21.9. The standard InChI is InChI=1S/C25H26N6O/c1-17-5-3-8-21-24(17)30-29-18(2)25(21)28-22-9-10-26-23(27-22)16-19-6-4-7-20(15-19)31-11-13-32-14-12-31/h3-10,15H,11-14,16H2,1-2H3,(H,26,27,28,30). The maximum atomic E-state index is 5.47. The van der Waals surface area contributed by atoms with Gasteiger partial charge in [0.15, 0.2) is 0 Å². The number of fused-ring (bicyclic) bond motifs is 1. The van der Waals surface area contributed by atoms with Crippen molar-refractivity contribution in [1.82, 2.24) is 20.2 Å². The van der Waals surface area contributed by atoms with E-state index < -0.39 is 0 Å². The molecule has 1 aliphatic rings. The largest absolute Gasteiger partial charge is 0.378 e. The number of hydrogen-bond donors (Lipinski definition) is 1. The third-order valence-corrected chi connectivity index (χ3v) is 5.78. The number of rotatable bonds is 5. The molecule has 0 unspecified atom stereocenters. The van der Waals surface area contributed by atoms with Gasteiger partial charge in [0.2, 0.25) is 0 Å². The van der Waals surface area contributed by atoms with E-state index in [2.05, 4.69) is 55.7 Å². The molecular weight excluding hydrogens is 400 g/mol. The minimum Gasteiger partial charge on any atom is -0.378 e. The average molecular weight is 427 g/mol. The average Bonchev–Trinajstić information content (AvgIpc) is 2.82. The topological polar surface area (TPSA) is 76.1 Å². The van der Waals surface area contributed by atoms with E-state index in [-0.39, 0.29) is 0 Å². The summed E-state index contributed by atoms with van der Waals surface area (Å²) >= 11 is 0. The van der Waals surface area contributed by atoms with Crippen LogP contribution in [0.4, 0.5) is 17.2 Å². The van der Waals surface area contributed by atoms with E-state index in [9.17, 15) is 0 Å². The Kier molecular flexibility index (Phi) is 5.64. The summed E-state index contributed by atoms with van der Waals surface area (Å²) in [4.78, 5) is 11.6. The summed E-state index contributed by atoms with van der Waals surface area (Å²) in [5.74, 6) is 1.52. The molecule has 1 fully saturated rings. The number of morpholine rings is 1. The minimum absolute atomic E-state index is 0.668. The zero-order valence-electron chi connectivity index (χ0n) is 18.4. The predicted molar refractivity (Wildman–Crippen MR) is 127 cm³/mol. The van der Waals surface area contributed by atoms with Crippen LogP contribution in [0.15, 0.2) is 54.7 Å². The summed E-state index contributed by atoms with van der Waals surface area (Å²) in [5.41, 5.74) is 6.17. The first-order chi connectivity index (χ1) is 15.7. The fraction of sp³-hybridized carbons (Fsp3) is 0.280. The van der Waals surface area contributed by atoms with Crippen molar-refractivity contribution in [1.29, 1.82) is 0 Å². The molecule has 0 spiro atoms. The summed E-state index contributed by atoms with van der Waals surface area (Å²) in [6.45, 7) is 7.40. The molecule has 1 saturated heterocycles. The number of aromatic nitrogens is 4. The number of anilines is 3. The lowest BCUT2D eigenvalue weighted by molar-refractivity contribution is 0.122. The van der Waals surface area contributed by atoms with E-state index in [1.54, 1.807) is 6.20 Å². The van der Waals surface area contributed by atoms with Crippen LogP contribution in [0.2, 0.25) is 0 Å². The van der Waals surface area contributed by atoms with Gasteiger partial charge in [0.1, 0.15) is 11.6 Å². The van der Waals surface area contributed by atoms with Crippen molar-refractivity contribution in [3.8, 4) is 0 Å². The molecule has 32 heavy (non-hydrogen) atoms. The Morgan fingerprint density at radius 1 is 1.00 bits per heavy atom. The van der Waals surface area contributed by atoms with Gasteiger partial charge in [-0.1, -0.05) is 30.3 Å². The third kappa shape index (κ3) is 4.24. The van der Waals surface area contributed by atoms with E-state index in [1.165, 1.54) is 11.3 Å². The highest BCUT2D eigenvalue weighted by atomic mass is 16.5. The lowest BCUT2D eigenvalue weighted by atomic mass is 10.1. The molecule has 7 nitrogen and oxygen atoms in total. The van der Waals surface area contributed by atoms with Gasteiger partial charge >= 0.3 is 0 Å². The van der Waals surface area contributed by atoms with Crippen LogP contribution in [0.1, 0.15) is 22.6 Å². The van der Waals surface area contributed by atoms with Gasteiger partial charge in [-0.25, -0.2) is 9.97 Å². The van der Waals surface area contributed by atoms with Crippen LogP contribution < -0.4 is 10.2 Å². The maximum Gasteiger partial charge on any atom is 0.135 e. The quantitative estimate of drug-likeness (QED) is 0.512. The summed E-state index contributed by atoms with van der Waals surface area (Å²) < 4.78 is 5.47. The van der Waals surface area contributed by atoms with Crippen LogP contribution in [0.3, 0.4) is 0 Å². The van der Waals surface area contributed by atoms with Gasteiger partial charge in [-0.3, -0.25) is 0 Å². The van der Waals surface area contributed by atoms with E-state index in [4.69, 9.17) is 9.72 Å². The van der Waals surface area contributed by atoms with Gasteiger partial charge in [-0.05, 0) is 43.2 Å². The van der Waals surface area contributed by atoms with Gasteiger partial charge in [-0.2, -0.15) is 5.10 Å². The Bertz CT molecular complexity index is 1250. The van der Waals surface area contributed by atoms with E-state index in [0.29, 0.717) is 6.42 Å². The number of benzene rings is 2. The first-order valence-corrected chi connectivity index (χ1v) is 10.9. The molecule has 5 rings (SSSR count). The first kappa shape index (κ1) is 20.3. The van der Waals surface area contributed by atoms with Crippen LogP contribution in [0, 0.1) is 13.8 Å². The summed E-state index contributed by atoms with van der Waals surface area (Å²) in [7, 11) is 0. The monoisotopic (exact) mass is 426 g/mol. The van der Waals surface area contributed by atoms with Crippen molar-refractivity contribution >= 4 is 28.1 Å². The zero-order valence-corrected chi connectivity index (χ0v) is 18.4. The molecule has 0 amide bonds. The fourth-order valence-electron chi connectivity index (χ4n) is 4.07. The molecule has 0 saturated carbocycles. The number of nitrogens with one attached hydrogen (secondary N) is 1. The molecule has 4 aromatic rings. The van der Waals surface area contributed by atoms with Crippen molar-refractivity contribution < 1.29 is 4.74 Å². The van der Waals surface area contributed by atoms with Crippen LogP contribution >= 0.6 is 0 Å². The van der Waals surface area contributed by atoms with Crippen molar-refractivity contribution in [2.24, 2.45) is 0 Å². The molecule has 0 bridgehead atoms. The second kappa shape index (κ2) is 8.88. The first-order valence-electron chi connectivity index (χ1n) is 10.9. The Hall–Kier alpha value is -3.58. The molecule has 0 atom stereocenters. The van der Waals surface area contributed by atoms with Gasteiger partial charge in [0.05, 0.1) is 30.1 Å². The highest BCUT2D eigenvalue weighted by molar-refractivity contribution is 5.94. The molecule has 162 valence electrons. The van der Waals surface area contributed by atoms with Crippen molar-refractivity contribution in [3.05, 3.63) is 77.4 Å². The molecule has 2 aromatic carbocycles. The fourth-order valence-corrected chi connectivity index (χ4v) is 4.07. The van der Waals surface area contributed by atoms with Crippen molar-refractivity contribution in [2.45, 2.75) is 20.3 Å². The van der Waals surface area contributed by atoms with Crippen molar-refractivity contribution in [3.63, 3.8) is 0 Å². The Labute approximate surface area is 187 Å². The maximum absolute atomic E-state index is 5.47. The van der Waals surface area contributed by atoms with E-state index in [0.717, 1.165) is 65.8 Å². The number of nitrogens with zero attached hydrogens (tertiary/aromatic N) is 5. The minimum atomic E-state index is 0.668. The molecular formula is C25H26N6O. The Morgan fingerprint density at radius 2 is 1.84 bits per heavy atom. The van der Waals surface area contributed by atoms with Crippen LogP contribution in [-0.2, 0) is 11.2 Å². The van der Waals surface area contributed by atoms with Gasteiger partial charge in [0.25, 0.3) is 0 Å². The van der Waals surface area contributed by atoms with Crippen LogP contribution in [0.5, 0.6) is 0 Å². The van der Waals surface area contributed by atoms with E-state index >= 15 is 0 Å². The summed E-state index contributed by atoms with van der Waals surface area (Å²) in [6.07, 6.45) is 2.47. The smallest absolute Gasteiger partial charge is 0.135 e. The molecule has 1 N–H and O–H groups in total.